The Bertz CT molecular complexity index is 1170. The fourth-order valence-corrected chi connectivity index (χ4v) is 3.57. The Morgan fingerprint density at radius 1 is 1.27 bits per heavy atom. The molecule has 0 unspecified atom stereocenters. The van der Waals surface area contributed by atoms with Gasteiger partial charge in [-0.15, -0.1) is 16.8 Å². The van der Waals surface area contributed by atoms with Gasteiger partial charge < -0.3 is 0 Å². The summed E-state index contributed by atoms with van der Waals surface area (Å²) in [6.07, 6.45) is 1.78. The molecule has 0 aliphatic carbocycles. The van der Waals surface area contributed by atoms with Gasteiger partial charge in [-0.05, 0) is 25.2 Å². The van der Waals surface area contributed by atoms with Crippen LogP contribution in [0.3, 0.4) is 0 Å². The van der Waals surface area contributed by atoms with Crippen molar-refractivity contribution in [2.75, 3.05) is 13.6 Å². The number of halogens is 1. The van der Waals surface area contributed by atoms with Gasteiger partial charge in [0.05, 0.1) is 22.9 Å². The van der Waals surface area contributed by atoms with Crippen LogP contribution in [-0.2, 0) is 13.1 Å². The first-order valence-electron chi connectivity index (χ1n) is 9.31. The highest BCUT2D eigenvalue weighted by Gasteiger charge is 2.30. The molecule has 0 saturated carbocycles. The van der Waals surface area contributed by atoms with E-state index in [1.165, 1.54) is 12.1 Å². The molecule has 0 radical (unpaired) electrons. The van der Waals surface area contributed by atoms with Crippen molar-refractivity contribution in [2.45, 2.75) is 13.1 Å². The second kappa shape index (κ2) is 7.96. The molecule has 2 aromatic carbocycles. The monoisotopic (exact) mass is 406 g/mol. The Balaban J connectivity index is 1.96. The van der Waals surface area contributed by atoms with E-state index in [2.05, 4.69) is 21.8 Å². The fourth-order valence-electron chi connectivity index (χ4n) is 3.57. The molecule has 9 heteroatoms. The summed E-state index contributed by atoms with van der Waals surface area (Å²) in [5.41, 5.74) is 1.04. The zero-order valence-corrected chi connectivity index (χ0v) is 16.3. The molecule has 0 spiro atoms. The van der Waals surface area contributed by atoms with Gasteiger partial charge in [-0.2, -0.15) is 0 Å². The zero-order valence-electron chi connectivity index (χ0n) is 16.3. The number of benzene rings is 2. The smallest absolute Gasteiger partial charge is 0.280 e. The number of rotatable bonds is 6. The van der Waals surface area contributed by atoms with Crippen LogP contribution in [0.1, 0.15) is 22.8 Å². The highest BCUT2D eigenvalue weighted by molar-refractivity contribution is 6.17. The third kappa shape index (κ3) is 3.39. The maximum atomic E-state index is 14.6. The van der Waals surface area contributed by atoms with Crippen LogP contribution in [0.25, 0.3) is 5.69 Å². The number of fused-ring (bicyclic) bond motifs is 3. The van der Waals surface area contributed by atoms with Gasteiger partial charge >= 0.3 is 0 Å². The second-order valence-corrected chi connectivity index (χ2v) is 6.93. The lowest BCUT2D eigenvalue weighted by molar-refractivity contribution is -0.385. The van der Waals surface area contributed by atoms with Crippen LogP contribution in [0.15, 0.2) is 60.1 Å². The first-order chi connectivity index (χ1) is 14.5. The molecule has 0 bridgehead atoms. The molecule has 4 rings (SSSR count). The van der Waals surface area contributed by atoms with Gasteiger partial charge in [0, 0.05) is 18.2 Å². The Hall–Kier alpha value is -3.72. The maximum Gasteiger partial charge on any atom is 0.280 e. The van der Waals surface area contributed by atoms with Gasteiger partial charge in [0.2, 0.25) is 0 Å². The van der Waals surface area contributed by atoms with Crippen molar-refractivity contribution < 1.29 is 9.31 Å². The maximum absolute atomic E-state index is 14.6. The van der Waals surface area contributed by atoms with Gasteiger partial charge in [-0.3, -0.25) is 24.6 Å². The largest absolute Gasteiger partial charge is 0.295 e. The van der Waals surface area contributed by atoms with Crippen LogP contribution < -0.4 is 0 Å². The van der Waals surface area contributed by atoms with Crippen molar-refractivity contribution in [1.82, 2.24) is 19.7 Å². The lowest BCUT2D eigenvalue weighted by atomic mass is 9.98. The Morgan fingerprint density at radius 3 is 2.80 bits per heavy atom. The Labute approximate surface area is 172 Å². The normalized spacial score (nSPS) is 12.7. The summed E-state index contributed by atoms with van der Waals surface area (Å²) in [5.74, 6) is 0.648. The molecule has 152 valence electrons. The topological polar surface area (TPSA) is 89.5 Å². The van der Waals surface area contributed by atoms with E-state index in [9.17, 15) is 14.5 Å². The molecule has 1 aromatic heterocycles. The van der Waals surface area contributed by atoms with Gasteiger partial charge in [0.1, 0.15) is 17.9 Å². The van der Waals surface area contributed by atoms with Crippen molar-refractivity contribution >= 4 is 11.4 Å². The van der Waals surface area contributed by atoms with Gasteiger partial charge in [0.25, 0.3) is 5.69 Å². The van der Waals surface area contributed by atoms with Crippen LogP contribution >= 0.6 is 0 Å². The average molecular weight is 406 g/mol. The van der Waals surface area contributed by atoms with Gasteiger partial charge in [0.15, 0.2) is 11.6 Å². The highest BCUT2D eigenvalue weighted by atomic mass is 19.1. The minimum absolute atomic E-state index is 0.119. The number of nitrogens with zero attached hydrogens (tertiary/aromatic N) is 6. The van der Waals surface area contributed by atoms with E-state index in [1.807, 2.05) is 11.9 Å². The van der Waals surface area contributed by atoms with E-state index in [0.717, 1.165) is 0 Å². The molecule has 0 saturated heterocycles. The number of nitro groups is 1. The van der Waals surface area contributed by atoms with Crippen molar-refractivity contribution in [3.63, 3.8) is 0 Å². The lowest BCUT2D eigenvalue weighted by Crippen LogP contribution is -2.21. The van der Waals surface area contributed by atoms with Crippen LogP contribution in [0.4, 0.5) is 10.1 Å². The summed E-state index contributed by atoms with van der Waals surface area (Å²) in [4.78, 5) is 17.9. The van der Waals surface area contributed by atoms with E-state index in [4.69, 9.17) is 0 Å². The number of hydrogen-bond acceptors (Lipinski definition) is 6. The molecule has 2 heterocycles. The third-order valence-corrected chi connectivity index (χ3v) is 4.85. The highest BCUT2D eigenvalue weighted by Crippen LogP contribution is 2.33. The van der Waals surface area contributed by atoms with E-state index in [0.29, 0.717) is 30.4 Å². The Kier molecular flexibility index (Phi) is 5.20. The summed E-state index contributed by atoms with van der Waals surface area (Å²) in [6.45, 7) is 4.95. The summed E-state index contributed by atoms with van der Waals surface area (Å²) >= 11 is 0. The van der Waals surface area contributed by atoms with Crippen LogP contribution in [-0.4, -0.2) is 43.9 Å². The molecule has 1 aliphatic heterocycles. The average Bonchev–Trinajstić information content (AvgIpc) is 3.03. The molecule has 0 fully saturated rings. The predicted molar refractivity (Wildman–Crippen MR) is 110 cm³/mol. The minimum atomic E-state index is -0.496. The molecule has 0 atom stereocenters. The first kappa shape index (κ1) is 19.6. The van der Waals surface area contributed by atoms with Gasteiger partial charge in [-0.25, -0.2) is 4.39 Å². The number of hydrogen-bond donors (Lipinski definition) is 0. The predicted octanol–water partition coefficient (Wildman–Crippen LogP) is 3.28. The third-order valence-electron chi connectivity index (χ3n) is 4.85. The number of aromatic nitrogens is 3. The van der Waals surface area contributed by atoms with E-state index in [-0.39, 0.29) is 29.1 Å². The molecule has 1 aliphatic rings. The van der Waals surface area contributed by atoms with Crippen molar-refractivity contribution in [3.05, 3.63) is 93.8 Å². The fraction of sp³-hybridized carbons (Fsp3) is 0.190. The van der Waals surface area contributed by atoms with Crippen molar-refractivity contribution in [3.8, 4) is 5.69 Å². The summed E-state index contributed by atoms with van der Waals surface area (Å²) in [5, 5.41) is 20.4. The second-order valence-electron chi connectivity index (χ2n) is 6.93. The molecule has 3 aromatic rings. The minimum Gasteiger partial charge on any atom is -0.295 e. The van der Waals surface area contributed by atoms with Crippen LogP contribution in [0.5, 0.6) is 0 Å². The molecular formula is C21H19FN6O2. The van der Waals surface area contributed by atoms with Crippen LogP contribution in [0.2, 0.25) is 0 Å². The number of aliphatic imine (C=N–C) groups is 1. The Morgan fingerprint density at radius 2 is 2.07 bits per heavy atom. The van der Waals surface area contributed by atoms with Crippen molar-refractivity contribution in [1.29, 1.82) is 0 Å². The lowest BCUT2D eigenvalue weighted by Gasteiger charge is -2.17. The SMILES string of the molecule is C=CCN(C)Cc1nnc2n1-c1cccc([N+](=O)[O-])c1C(c1ccccc1F)=NC2. The number of likely N-dealkylation sites (N-methyl/N-ethyl adjacent to an activating group) is 1. The molecule has 0 N–H and O–H groups in total. The summed E-state index contributed by atoms with van der Waals surface area (Å²) < 4.78 is 16.4. The standard InChI is InChI=1S/C21H19FN6O2/c1-3-11-26(2)13-19-25-24-18-12-23-21(14-7-4-5-8-15(14)22)20-16(27(18)19)9-6-10-17(20)28(29)30/h3-10H,1,11-13H2,2H3. The molecule has 8 nitrogen and oxygen atoms in total. The van der Waals surface area contributed by atoms with E-state index < -0.39 is 10.7 Å². The zero-order chi connectivity index (χ0) is 21.3. The summed E-state index contributed by atoms with van der Waals surface area (Å²) in [7, 11) is 1.91. The first-order valence-corrected chi connectivity index (χ1v) is 9.31. The van der Waals surface area contributed by atoms with Crippen LogP contribution in [0, 0.1) is 15.9 Å². The quantitative estimate of drug-likeness (QED) is 0.356. The summed E-state index contributed by atoms with van der Waals surface area (Å²) in [6, 6.07) is 10.9. The molecule has 30 heavy (non-hydrogen) atoms. The van der Waals surface area contributed by atoms with E-state index >= 15 is 0 Å². The van der Waals surface area contributed by atoms with Gasteiger partial charge in [-0.1, -0.05) is 24.3 Å². The number of nitro benzene ring substituents is 1. The van der Waals surface area contributed by atoms with E-state index in [1.54, 1.807) is 41.0 Å². The molecular weight excluding hydrogens is 387 g/mol. The van der Waals surface area contributed by atoms with Crippen molar-refractivity contribution in [2.24, 2.45) is 4.99 Å². The molecule has 0 amide bonds.